The third kappa shape index (κ3) is 4.53. The maximum absolute atomic E-state index is 12.2. The molecule has 0 radical (unpaired) electrons. The van der Waals surface area contributed by atoms with Gasteiger partial charge in [0.05, 0.1) is 7.11 Å². The van der Waals surface area contributed by atoms with Gasteiger partial charge in [0.25, 0.3) is 11.8 Å². The van der Waals surface area contributed by atoms with Gasteiger partial charge < -0.3 is 20.7 Å². The van der Waals surface area contributed by atoms with Crippen molar-refractivity contribution in [2.24, 2.45) is 0 Å². The van der Waals surface area contributed by atoms with Crippen molar-refractivity contribution in [2.45, 2.75) is 13.0 Å². The van der Waals surface area contributed by atoms with Gasteiger partial charge in [-0.3, -0.25) is 14.7 Å². The zero-order valence-electron chi connectivity index (χ0n) is 14.4. The molecule has 2 aromatic rings. The van der Waals surface area contributed by atoms with Gasteiger partial charge in [0.2, 0.25) is 0 Å². The van der Waals surface area contributed by atoms with Crippen LogP contribution in [0.25, 0.3) is 0 Å². The van der Waals surface area contributed by atoms with Gasteiger partial charge in [-0.2, -0.15) is 5.10 Å². The van der Waals surface area contributed by atoms with E-state index in [9.17, 15) is 9.59 Å². The third-order valence-electron chi connectivity index (χ3n) is 4.05. The van der Waals surface area contributed by atoms with E-state index in [0.29, 0.717) is 36.6 Å². The summed E-state index contributed by atoms with van der Waals surface area (Å²) in [6.07, 6.45) is 0.839. The predicted octanol–water partition coefficient (Wildman–Crippen LogP) is 0.646. The minimum atomic E-state index is -0.239. The van der Waals surface area contributed by atoms with E-state index in [1.807, 2.05) is 0 Å². The number of hydrogen-bond acceptors (Lipinski definition) is 5. The van der Waals surface area contributed by atoms with E-state index in [-0.39, 0.29) is 24.2 Å². The summed E-state index contributed by atoms with van der Waals surface area (Å²) in [7, 11) is 1.55. The third-order valence-corrected chi connectivity index (χ3v) is 4.05. The molecule has 1 aliphatic heterocycles. The Balaban J connectivity index is 0.00000243. The van der Waals surface area contributed by atoms with E-state index in [2.05, 4.69) is 26.1 Å². The first kappa shape index (κ1) is 19.7. The van der Waals surface area contributed by atoms with Gasteiger partial charge in [-0.15, -0.1) is 12.4 Å². The quantitative estimate of drug-likeness (QED) is 0.551. The van der Waals surface area contributed by atoms with Crippen LogP contribution in [0.2, 0.25) is 0 Å². The molecule has 1 aromatic carbocycles. The highest BCUT2D eigenvalue weighted by Gasteiger charge is 2.21. The Kier molecular flexibility index (Phi) is 6.99. The number of amides is 2. The van der Waals surface area contributed by atoms with Gasteiger partial charge in [0.15, 0.2) is 5.69 Å². The smallest absolute Gasteiger partial charge is 0.272 e. The summed E-state index contributed by atoms with van der Waals surface area (Å²) in [5, 5.41) is 15.8. The van der Waals surface area contributed by atoms with E-state index in [4.69, 9.17) is 4.74 Å². The normalized spacial score (nSPS) is 12.5. The lowest BCUT2D eigenvalue weighted by atomic mass is 10.1. The zero-order chi connectivity index (χ0) is 17.6. The number of methoxy groups -OCH3 is 1. The van der Waals surface area contributed by atoms with Gasteiger partial charge in [0, 0.05) is 49.4 Å². The lowest BCUT2D eigenvalue weighted by molar-refractivity contribution is 0.0924. The molecule has 0 unspecified atom stereocenters. The van der Waals surface area contributed by atoms with E-state index >= 15 is 0 Å². The van der Waals surface area contributed by atoms with Gasteiger partial charge in [0.1, 0.15) is 5.75 Å². The van der Waals surface area contributed by atoms with Crippen LogP contribution in [0.4, 0.5) is 0 Å². The number of carbonyl (C=O) groups is 2. The van der Waals surface area contributed by atoms with Crippen LogP contribution in [-0.4, -0.2) is 48.8 Å². The second-order valence-corrected chi connectivity index (χ2v) is 5.70. The van der Waals surface area contributed by atoms with Crippen molar-refractivity contribution in [3.05, 3.63) is 46.8 Å². The van der Waals surface area contributed by atoms with Crippen molar-refractivity contribution in [3.63, 3.8) is 0 Å². The molecule has 2 amide bonds. The number of benzene rings is 1. The molecule has 0 saturated heterocycles. The Bertz CT molecular complexity index is 778. The van der Waals surface area contributed by atoms with Crippen LogP contribution in [0.15, 0.2) is 24.3 Å². The van der Waals surface area contributed by atoms with Gasteiger partial charge in [-0.05, 0) is 18.2 Å². The molecule has 0 fully saturated rings. The summed E-state index contributed by atoms with van der Waals surface area (Å²) in [5.74, 6) is 0.171. The number of nitrogens with one attached hydrogen (secondary N) is 4. The fourth-order valence-electron chi connectivity index (χ4n) is 2.72. The average molecular weight is 380 g/mol. The van der Waals surface area contributed by atoms with Crippen molar-refractivity contribution in [3.8, 4) is 5.75 Å². The molecule has 1 aromatic heterocycles. The summed E-state index contributed by atoms with van der Waals surface area (Å²) >= 11 is 0. The molecule has 26 heavy (non-hydrogen) atoms. The van der Waals surface area contributed by atoms with E-state index in [0.717, 1.165) is 24.2 Å². The highest BCUT2D eigenvalue weighted by Crippen LogP contribution is 2.15. The molecule has 1 aliphatic rings. The molecule has 140 valence electrons. The number of fused-ring (bicyclic) bond motifs is 1. The van der Waals surface area contributed by atoms with E-state index in [1.54, 1.807) is 31.4 Å². The molecule has 0 aliphatic carbocycles. The molecule has 4 N–H and O–H groups in total. The van der Waals surface area contributed by atoms with Crippen molar-refractivity contribution in [1.29, 1.82) is 0 Å². The zero-order valence-corrected chi connectivity index (χ0v) is 15.2. The van der Waals surface area contributed by atoms with Crippen molar-refractivity contribution >= 4 is 24.2 Å². The summed E-state index contributed by atoms with van der Waals surface area (Å²) in [6, 6.07) is 6.90. The molecule has 8 nitrogen and oxygen atoms in total. The van der Waals surface area contributed by atoms with Crippen molar-refractivity contribution < 1.29 is 14.3 Å². The minimum Gasteiger partial charge on any atom is -0.497 e. The number of H-pyrrole nitrogens is 1. The minimum absolute atomic E-state index is 0. The summed E-state index contributed by atoms with van der Waals surface area (Å²) in [6.45, 7) is 2.17. The van der Waals surface area contributed by atoms with Gasteiger partial charge >= 0.3 is 0 Å². The fraction of sp³-hybridized carbons (Fsp3) is 0.353. The molecular formula is C17H22ClN5O3. The van der Waals surface area contributed by atoms with Crippen molar-refractivity contribution in [1.82, 2.24) is 26.1 Å². The Labute approximate surface area is 157 Å². The Morgan fingerprint density at radius 3 is 2.77 bits per heavy atom. The lowest BCUT2D eigenvalue weighted by Gasteiger charge is -2.13. The second-order valence-electron chi connectivity index (χ2n) is 5.70. The van der Waals surface area contributed by atoms with Crippen LogP contribution < -0.4 is 20.7 Å². The first-order valence-electron chi connectivity index (χ1n) is 8.16. The number of aromatic amines is 1. The van der Waals surface area contributed by atoms with Crippen LogP contribution in [0, 0.1) is 0 Å². The highest BCUT2D eigenvalue weighted by molar-refractivity contribution is 5.95. The summed E-state index contributed by atoms with van der Waals surface area (Å²) < 4.78 is 5.10. The first-order valence-corrected chi connectivity index (χ1v) is 8.16. The Hall–Kier alpha value is -2.58. The summed E-state index contributed by atoms with van der Waals surface area (Å²) in [4.78, 5) is 24.3. The maximum Gasteiger partial charge on any atom is 0.272 e. The molecule has 0 saturated carbocycles. The fourth-order valence-corrected chi connectivity index (χ4v) is 2.72. The molecule has 0 spiro atoms. The Morgan fingerprint density at radius 1 is 1.23 bits per heavy atom. The standard InChI is InChI=1S/C17H21N5O3.ClH/c1-25-12-4-2-3-11(9-12)16(23)19-7-8-20-17(24)15-13-10-18-6-5-14(13)21-22-15;/h2-4,9,18H,5-8,10H2,1H3,(H,19,23)(H,20,24)(H,21,22);1H. The maximum atomic E-state index is 12.2. The summed E-state index contributed by atoms with van der Waals surface area (Å²) in [5.41, 5.74) is 2.86. The monoisotopic (exact) mass is 379 g/mol. The van der Waals surface area contributed by atoms with Gasteiger partial charge in [-0.25, -0.2) is 0 Å². The first-order chi connectivity index (χ1) is 12.2. The number of rotatable bonds is 6. The largest absolute Gasteiger partial charge is 0.497 e. The number of hydrogen-bond donors (Lipinski definition) is 4. The number of halogens is 1. The molecular weight excluding hydrogens is 358 g/mol. The molecule has 0 atom stereocenters. The number of carbonyl (C=O) groups excluding carboxylic acids is 2. The number of nitrogens with zero attached hydrogens (tertiary/aromatic N) is 1. The average Bonchev–Trinajstić information content (AvgIpc) is 3.09. The van der Waals surface area contributed by atoms with Crippen LogP contribution in [0.5, 0.6) is 5.75 Å². The van der Waals surface area contributed by atoms with Crippen LogP contribution in [0.3, 0.4) is 0 Å². The Morgan fingerprint density at radius 2 is 2.00 bits per heavy atom. The topological polar surface area (TPSA) is 108 Å². The lowest BCUT2D eigenvalue weighted by Crippen LogP contribution is -2.35. The molecule has 3 rings (SSSR count). The second kappa shape index (κ2) is 9.21. The highest BCUT2D eigenvalue weighted by atomic mass is 35.5. The molecule has 9 heteroatoms. The van der Waals surface area contributed by atoms with E-state index < -0.39 is 0 Å². The molecule has 0 bridgehead atoms. The van der Waals surface area contributed by atoms with E-state index in [1.165, 1.54) is 0 Å². The van der Waals surface area contributed by atoms with Crippen LogP contribution in [-0.2, 0) is 13.0 Å². The predicted molar refractivity (Wildman–Crippen MR) is 98.9 cm³/mol. The van der Waals surface area contributed by atoms with Gasteiger partial charge in [-0.1, -0.05) is 6.07 Å². The molecule has 2 heterocycles. The SMILES string of the molecule is COc1cccc(C(=O)NCCNC(=O)c2n[nH]c3c2CNCC3)c1.Cl. The number of ether oxygens (including phenoxy) is 1. The van der Waals surface area contributed by atoms with Crippen molar-refractivity contribution in [2.75, 3.05) is 26.7 Å². The van der Waals surface area contributed by atoms with Crippen LogP contribution >= 0.6 is 12.4 Å². The van der Waals surface area contributed by atoms with Crippen LogP contribution in [0.1, 0.15) is 32.1 Å². The number of aromatic nitrogens is 2.